The maximum absolute atomic E-state index is 11.9. The van der Waals surface area contributed by atoms with E-state index in [4.69, 9.17) is 0 Å². The maximum Gasteiger partial charge on any atom is 0.267 e. The third kappa shape index (κ3) is 3.98. The van der Waals surface area contributed by atoms with E-state index in [0.29, 0.717) is 11.6 Å². The molecular formula is C16H23N5O. The van der Waals surface area contributed by atoms with Crippen molar-refractivity contribution in [2.45, 2.75) is 25.8 Å². The lowest BCUT2D eigenvalue weighted by atomic mass is 9.94. The van der Waals surface area contributed by atoms with E-state index >= 15 is 0 Å². The van der Waals surface area contributed by atoms with E-state index in [1.165, 1.54) is 18.5 Å². The van der Waals surface area contributed by atoms with E-state index < -0.39 is 0 Å². The summed E-state index contributed by atoms with van der Waals surface area (Å²) >= 11 is 0. The highest BCUT2D eigenvalue weighted by Crippen LogP contribution is 2.20. The van der Waals surface area contributed by atoms with Crippen LogP contribution in [0.25, 0.3) is 0 Å². The zero-order valence-corrected chi connectivity index (χ0v) is 12.7. The zero-order valence-electron chi connectivity index (χ0n) is 12.7. The van der Waals surface area contributed by atoms with Crippen LogP contribution in [0.1, 0.15) is 35.4 Å². The van der Waals surface area contributed by atoms with E-state index in [0.717, 1.165) is 32.6 Å². The van der Waals surface area contributed by atoms with E-state index in [9.17, 15) is 4.79 Å². The van der Waals surface area contributed by atoms with Gasteiger partial charge in [-0.2, -0.15) is 0 Å². The number of amides is 1. The van der Waals surface area contributed by atoms with Gasteiger partial charge in [0.25, 0.3) is 5.91 Å². The smallest absolute Gasteiger partial charge is 0.267 e. The topological polar surface area (TPSA) is 76.8 Å². The summed E-state index contributed by atoms with van der Waals surface area (Å²) in [5, 5.41) is 2.99. The van der Waals surface area contributed by atoms with Gasteiger partial charge >= 0.3 is 0 Å². The van der Waals surface area contributed by atoms with Crippen LogP contribution < -0.4 is 5.32 Å². The van der Waals surface area contributed by atoms with Crippen molar-refractivity contribution in [3.63, 3.8) is 0 Å². The summed E-state index contributed by atoms with van der Waals surface area (Å²) in [5.41, 5.74) is 1.80. The first-order chi connectivity index (χ1) is 10.8. The lowest BCUT2D eigenvalue weighted by Gasteiger charge is -2.32. The lowest BCUT2D eigenvalue weighted by Crippen LogP contribution is -2.36. The van der Waals surface area contributed by atoms with Gasteiger partial charge in [-0.15, -0.1) is 0 Å². The van der Waals surface area contributed by atoms with Crippen LogP contribution in [0, 0.1) is 5.92 Å². The number of hydrogen-bond donors (Lipinski definition) is 3. The van der Waals surface area contributed by atoms with E-state index in [1.54, 1.807) is 18.6 Å². The fraction of sp³-hybridized carbons (Fsp3) is 0.500. The van der Waals surface area contributed by atoms with Gasteiger partial charge < -0.3 is 15.3 Å². The summed E-state index contributed by atoms with van der Waals surface area (Å²) in [6.45, 7) is 3.91. The maximum atomic E-state index is 11.9. The standard InChI is InChI=1S/C16H23N5O/c22-16(15-4-1-6-18-15)19-7-5-13-3-2-8-21(10-13)11-14-9-17-12-20-14/h1,4,6,9,12-13,18H,2-3,5,7-8,10-11H2,(H,17,20)(H,19,22)/t13-/m0/s1. The van der Waals surface area contributed by atoms with Crippen molar-refractivity contribution < 1.29 is 4.79 Å². The van der Waals surface area contributed by atoms with Gasteiger partial charge in [0, 0.05) is 37.7 Å². The first kappa shape index (κ1) is 14.8. The number of aromatic amines is 2. The van der Waals surface area contributed by atoms with Crippen LogP contribution in [-0.2, 0) is 6.54 Å². The Labute approximate surface area is 130 Å². The molecule has 1 aliphatic heterocycles. The zero-order chi connectivity index (χ0) is 15.2. The minimum absolute atomic E-state index is 0.0184. The minimum atomic E-state index is -0.0184. The summed E-state index contributed by atoms with van der Waals surface area (Å²) in [6.07, 6.45) is 8.89. The summed E-state index contributed by atoms with van der Waals surface area (Å²) < 4.78 is 0. The molecule has 3 N–H and O–H groups in total. The van der Waals surface area contributed by atoms with Crippen molar-refractivity contribution in [3.8, 4) is 0 Å². The Morgan fingerprint density at radius 2 is 2.41 bits per heavy atom. The number of imidazole rings is 1. The van der Waals surface area contributed by atoms with Crippen LogP contribution in [-0.4, -0.2) is 45.4 Å². The van der Waals surface area contributed by atoms with Crippen molar-refractivity contribution in [1.82, 2.24) is 25.2 Å². The Morgan fingerprint density at radius 3 is 3.18 bits per heavy atom. The molecule has 3 rings (SSSR count). The SMILES string of the molecule is O=C(NCC[C@@H]1CCCN(Cc2cnc[nH]2)C1)c1ccc[nH]1. The molecule has 3 heterocycles. The third-order valence-corrected chi connectivity index (χ3v) is 4.23. The molecule has 0 spiro atoms. The highest BCUT2D eigenvalue weighted by atomic mass is 16.1. The fourth-order valence-electron chi connectivity index (χ4n) is 3.10. The predicted octanol–water partition coefficient (Wildman–Crippen LogP) is 1.77. The molecule has 0 unspecified atom stereocenters. The molecule has 0 bridgehead atoms. The second-order valence-electron chi connectivity index (χ2n) is 5.95. The molecule has 6 nitrogen and oxygen atoms in total. The van der Waals surface area contributed by atoms with Gasteiger partial charge in [-0.1, -0.05) is 0 Å². The number of hydrogen-bond acceptors (Lipinski definition) is 3. The number of likely N-dealkylation sites (tertiary alicyclic amines) is 1. The quantitative estimate of drug-likeness (QED) is 0.761. The van der Waals surface area contributed by atoms with Crippen LogP contribution in [0.5, 0.6) is 0 Å². The van der Waals surface area contributed by atoms with Gasteiger partial charge in [-0.3, -0.25) is 9.69 Å². The van der Waals surface area contributed by atoms with Crippen molar-refractivity contribution in [2.75, 3.05) is 19.6 Å². The molecular weight excluding hydrogens is 278 g/mol. The number of rotatable bonds is 6. The van der Waals surface area contributed by atoms with Crippen LogP contribution in [0.3, 0.4) is 0 Å². The van der Waals surface area contributed by atoms with Crippen molar-refractivity contribution in [1.29, 1.82) is 0 Å². The Bertz CT molecular complexity index is 563. The van der Waals surface area contributed by atoms with Gasteiger partial charge in [0.1, 0.15) is 5.69 Å². The first-order valence-corrected chi connectivity index (χ1v) is 7.92. The molecule has 2 aromatic rings. The fourth-order valence-corrected chi connectivity index (χ4v) is 3.10. The third-order valence-electron chi connectivity index (χ3n) is 4.23. The molecule has 1 fully saturated rings. The number of nitrogens with one attached hydrogen (secondary N) is 3. The Morgan fingerprint density at radius 1 is 1.45 bits per heavy atom. The number of carbonyl (C=O) groups excluding carboxylic acids is 1. The second kappa shape index (κ2) is 7.26. The van der Waals surface area contributed by atoms with Gasteiger partial charge in [0.15, 0.2) is 0 Å². The molecule has 1 amide bonds. The number of piperidine rings is 1. The monoisotopic (exact) mass is 301 g/mol. The van der Waals surface area contributed by atoms with Gasteiger partial charge in [-0.05, 0) is 43.9 Å². The Hall–Kier alpha value is -2.08. The molecule has 1 saturated heterocycles. The molecule has 0 saturated carbocycles. The minimum Gasteiger partial charge on any atom is -0.357 e. The Balaban J connectivity index is 1.40. The molecule has 22 heavy (non-hydrogen) atoms. The number of carbonyl (C=O) groups is 1. The largest absolute Gasteiger partial charge is 0.357 e. The van der Waals surface area contributed by atoms with Crippen LogP contribution in [0.15, 0.2) is 30.9 Å². The van der Waals surface area contributed by atoms with E-state index in [-0.39, 0.29) is 5.91 Å². The molecule has 118 valence electrons. The van der Waals surface area contributed by atoms with Crippen molar-refractivity contribution in [3.05, 3.63) is 42.2 Å². The number of H-pyrrole nitrogens is 2. The highest BCUT2D eigenvalue weighted by Gasteiger charge is 2.20. The van der Waals surface area contributed by atoms with E-state index in [1.807, 2.05) is 12.3 Å². The molecule has 0 radical (unpaired) electrons. The second-order valence-corrected chi connectivity index (χ2v) is 5.95. The molecule has 6 heteroatoms. The number of aromatic nitrogens is 3. The summed E-state index contributed by atoms with van der Waals surface area (Å²) in [4.78, 5) is 24.5. The van der Waals surface area contributed by atoms with Gasteiger partial charge in [-0.25, -0.2) is 4.98 Å². The van der Waals surface area contributed by atoms with Crippen LogP contribution in [0.2, 0.25) is 0 Å². The van der Waals surface area contributed by atoms with Crippen molar-refractivity contribution in [2.24, 2.45) is 5.92 Å². The molecule has 2 aromatic heterocycles. The van der Waals surface area contributed by atoms with Crippen LogP contribution >= 0.6 is 0 Å². The first-order valence-electron chi connectivity index (χ1n) is 7.92. The molecule has 0 aromatic carbocycles. The highest BCUT2D eigenvalue weighted by molar-refractivity contribution is 5.92. The van der Waals surface area contributed by atoms with Crippen LogP contribution in [0.4, 0.5) is 0 Å². The summed E-state index contributed by atoms with van der Waals surface area (Å²) in [6, 6.07) is 3.63. The lowest BCUT2D eigenvalue weighted by molar-refractivity contribution is 0.0942. The van der Waals surface area contributed by atoms with Gasteiger partial charge in [0.05, 0.1) is 6.33 Å². The summed E-state index contributed by atoms with van der Waals surface area (Å²) in [5.74, 6) is 0.635. The Kier molecular flexibility index (Phi) is 4.90. The predicted molar refractivity (Wildman–Crippen MR) is 84.3 cm³/mol. The van der Waals surface area contributed by atoms with Crippen molar-refractivity contribution >= 4 is 5.91 Å². The van der Waals surface area contributed by atoms with E-state index in [2.05, 4.69) is 25.2 Å². The molecule has 1 aliphatic rings. The normalized spacial score (nSPS) is 19.2. The summed E-state index contributed by atoms with van der Waals surface area (Å²) in [7, 11) is 0. The number of nitrogens with zero attached hydrogens (tertiary/aromatic N) is 2. The average Bonchev–Trinajstić information content (AvgIpc) is 3.21. The van der Waals surface area contributed by atoms with Gasteiger partial charge in [0.2, 0.25) is 0 Å². The molecule has 1 atom stereocenters. The molecule has 0 aliphatic carbocycles. The average molecular weight is 301 g/mol.